The van der Waals surface area contributed by atoms with Crippen LogP contribution in [0.2, 0.25) is 0 Å². The van der Waals surface area contributed by atoms with Crippen LogP contribution in [0.3, 0.4) is 0 Å². The summed E-state index contributed by atoms with van der Waals surface area (Å²) in [6.07, 6.45) is 6.68. The molecular weight excluding hydrogens is 310 g/mol. The van der Waals surface area contributed by atoms with Gasteiger partial charge in [-0.3, -0.25) is 18.8 Å². The Morgan fingerprint density at radius 1 is 1.42 bits per heavy atom. The van der Waals surface area contributed by atoms with E-state index in [2.05, 4.69) is 10.1 Å². The number of aromatic nitrogens is 4. The third-order valence-corrected chi connectivity index (χ3v) is 5.09. The van der Waals surface area contributed by atoms with Crippen LogP contribution in [0, 0.1) is 0 Å². The summed E-state index contributed by atoms with van der Waals surface area (Å²) in [7, 11) is 1.75. The predicted octanol–water partition coefficient (Wildman–Crippen LogP) is 0.300. The average Bonchev–Trinajstić information content (AvgIpc) is 3.21. The lowest BCUT2D eigenvalue weighted by molar-refractivity contribution is -0.144. The summed E-state index contributed by atoms with van der Waals surface area (Å²) in [5, 5.41) is 4.54. The topological polar surface area (TPSA) is 82.2 Å². The molecule has 1 saturated heterocycles. The molecule has 2 aromatic rings. The van der Waals surface area contributed by atoms with Crippen molar-refractivity contribution >= 4 is 16.9 Å². The van der Waals surface area contributed by atoms with Crippen LogP contribution in [0.5, 0.6) is 0 Å². The number of aryl methyl sites for hydroxylation is 2. The van der Waals surface area contributed by atoms with Gasteiger partial charge in [-0.05, 0) is 19.3 Å². The van der Waals surface area contributed by atoms with Crippen LogP contribution >= 0.6 is 0 Å². The largest absolute Gasteiger partial charge is 0.374 e. The lowest BCUT2D eigenvalue weighted by Crippen LogP contribution is -2.51. The third-order valence-electron chi connectivity index (χ3n) is 5.09. The highest BCUT2D eigenvalue weighted by molar-refractivity contribution is 5.77. The maximum absolute atomic E-state index is 12.6. The number of hydrogen-bond donors (Lipinski definition) is 0. The van der Waals surface area contributed by atoms with E-state index < -0.39 is 0 Å². The molecule has 4 rings (SSSR count). The fourth-order valence-corrected chi connectivity index (χ4v) is 3.82. The van der Waals surface area contributed by atoms with Crippen molar-refractivity contribution in [1.29, 1.82) is 0 Å². The van der Waals surface area contributed by atoms with E-state index in [1.165, 1.54) is 17.1 Å². The van der Waals surface area contributed by atoms with Crippen molar-refractivity contribution in [2.24, 2.45) is 7.05 Å². The summed E-state index contributed by atoms with van der Waals surface area (Å²) < 4.78 is 8.81. The molecule has 128 valence electrons. The van der Waals surface area contributed by atoms with Crippen molar-refractivity contribution in [3.63, 3.8) is 0 Å². The fourth-order valence-electron chi connectivity index (χ4n) is 3.82. The van der Waals surface area contributed by atoms with E-state index in [0.717, 1.165) is 19.3 Å². The van der Waals surface area contributed by atoms with Crippen molar-refractivity contribution in [2.75, 3.05) is 13.2 Å². The first-order valence-corrected chi connectivity index (χ1v) is 8.43. The highest BCUT2D eigenvalue weighted by Gasteiger charge is 2.38. The van der Waals surface area contributed by atoms with Crippen LogP contribution in [0.15, 0.2) is 17.3 Å². The first-order valence-electron chi connectivity index (χ1n) is 8.43. The van der Waals surface area contributed by atoms with E-state index in [9.17, 15) is 9.59 Å². The lowest BCUT2D eigenvalue weighted by Gasteiger charge is -2.37. The molecule has 2 atom stereocenters. The molecule has 2 aromatic heterocycles. The normalized spacial score (nSPS) is 23.6. The summed E-state index contributed by atoms with van der Waals surface area (Å²) in [4.78, 5) is 31.3. The predicted molar refractivity (Wildman–Crippen MR) is 86.5 cm³/mol. The number of carbonyl (C=O) groups is 1. The van der Waals surface area contributed by atoms with Crippen molar-refractivity contribution in [2.45, 2.75) is 44.4 Å². The van der Waals surface area contributed by atoms with Crippen LogP contribution < -0.4 is 5.56 Å². The van der Waals surface area contributed by atoms with Crippen LogP contribution in [-0.2, 0) is 23.1 Å². The summed E-state index contributed by atoms with van der Waals surface area (Å²) >= 11 is 0. The van der Waals surface area contributed by atoms with Gasteiger partial charge >= 0.3 is 0 Å². The first kappa shape index (κ1) is 15.3. The third kappa shape index (κ3) is 2.50. The average molecular weight is 331 g/mol. The number of rotatable bonds is 3. The molecule has 2 fully saturated rings. The summed E-state index contributed by atoms with van der Waals surface area (Å²) in [5.74, 6) is 0.0911. The Morgan fingerprint density at radius 2 is 2.29 bits per heavy atom. The minimum absolute atomic E-state index is 0.0911. The lowest BCUT2D eigenvalue weighted by atomic mass is 10.1. The number of nitrogens with zero attached hydrogens (tertiary/aromatic N) is 5. The number of ether oxygens (including phenoxy) is 1. The molecule has 3 heterocycles. The monoisotopic (exact) mass is 331 g/mol. The molecule has 24 heavy (non-hydrogen) atoms. The minimum Gasteiger partial charge on any atom is -0.374 e. The van der Waals surface area contributed by atoms with E-state index in [4.69, 9.17) is 4.74 Å². The summed E-state index contributed by atoms with van der Waals surface area (Å²) in [5.41, 5.74) is 0.408. The molecule has 0 bridgehead atoms. The van der Waals surface area contributed by atoms with Crippen LogP contribution in [-0.4, -0.2) is 55.4 Å². The van der Waals surface area contributed by atoms with Gasteiger partial charge < -0.3 is 9.64 Å². The highest BCUT2D eigenvalue weighted by atomic mass is 16.5. The fraction of sp³-hybridized carbons (Fsp3) is 0.625. The van der Waals surface area contributed by atoms with E-state index in [1.54, 1.807) is 11.7 Å². The van der Waals surface area contributed by atoms with Crippen LogP contribution in [0.25, 0.3) is 11.0 Å². The van der Waals surface area contributed by atoms with Crippen molar-refractivity contribution in [3.05, 3.63) is 22.9 Å². The van der Waals surface area contributed by atoms with E-state index in [-0.39, 0.29) is 23.6 Å². The SMILES string of the molecule is Cn1ncc2c(=O)n(CCC(=O)N3CCO[C@H]4CCC[C@@H]43)cnc21. The maximum atomic E-state index is 12.6. The minimum atomic E-state index is -0.151. The van der Waals surface area contributed by atoms with Crippen LogP contribution in [0.4, 0.5) is 0 Å². The van der Waals surface area contributed by atoms with Gasteiger partial charge in [0.25, 0.3) is 5.56 Å². The highest BCUT2D eigenvalue weighted by Crippen LogP contribution is 2.30. The van der Waals surface area contributed by atoms with Gasteiger partial charge in [0.2, 0.25) is 5.91 Å². The molecule has 8 heteroatoms. The Balaban J connectivity index is 1.47. The van der Waals surface area contributed by atoms with Gasteiger partial charge in [-0.1, -0.05) is 0 Å². The van der Waals surface area contributed by atoms with Crippen LogP contribution in [0.1, 0.15) is 25.7 Å². The van der Waals surface area contributed by atoms with Gasteiger partial charge in [0.15, 0.2) is 5.65 Å². The molecule has 8 nitrogen and oxygen atoms in total. The summed E-state index contributed by atoms with van der Waals surface area (Å²) in [6, 6.07) is 0.210. The number of morpholine rings is 1. The first-order chi connectivity index (χ1) is 11.6. The van der Waals surface area contributed by atoms with Gasteiger partial charge in [0, 0.05) is 26.6 Å². The smallest absolute Gasteiger partial charge is 0.264 e. The molecule has 0 radical (unpaired) electrons. The number of fused-ring (bicyclic) bond motifs is 2. The van der Waals surface area contributed by atoms with Crippen molar-refractivity contribution in [1.82, 2.24) is 24.2 Å². The molecule has 0 aromatic carbocycles. The molecule has 1 aliphatic carbocycles. The van der Waals surface area contributed by atoms with Gasteiger partial charge in [0.1, 0.15) is 5.39 Å². The Morgan fingerprint density at radius 3 is 3.17 bits per heavy atom. The molecule has 0 N–H and O–H groups in total. The Labute approximate surface area is 139 Å². The van der Waals surface area contributed by atoms with Gasteiger partial charge in [-0.2, -0.15) is 5.10 Å². The Kier molecular flexibility index (Phi) is 3.84. The molecular formula is C16H21N5O3. The second kappa shape index (κ2) is 6.01. The zero-order valence-corrected chi connectivity index (χ0v) is 13.7. The zero-order valence-electron chi connectivity index (χ0n) is 13.7. The van der Waals surface area contributed by atoms with E-state index >= 15 is 0 Å². The molecule has 0 unspecified atom stereocenters. The van der Waals surface area contributed by atoms with Crippen molar-refractivity contribution in [3.8, 4) is 0 Å². The Hall–Kier alpha value is -2.22. The van der Waals surface area contributed by atoms with E-state index in [0.29, 0.717) is 37.2 Å². The molecule has 1 amide bonds. The van der Waals surface area contributed by atoms with Gasteiger partial charge in [-0.15, -0.1) is 0 Å². The standard InChI is InChI=1S/C16H21N5O3/c1-19-15-11(9-18-19)16(23)20(10-17-15)6-5-14(22)21-7-8-24-13-4-2-3-12(13)21/h9-10,12-13H,2-8H2,1H3/t12-,13-/m0/s1. The van der Waals surface area contributed by atoms with Crippen molar-refractivity contribution < 1.29 is 9.53 Å². The van der Waals surface area contributed by atoms with Gasteiger partial charge in [-0.25, -0.2) is 4.98 Å². The Bertz CT molecular complexity index is 827. The number of amides is 1. The molecule has 0 spiro atoms. The second-order valence-corrected chi connectivity index (χ2v) is 6.49. The number of carbonyl (C=O) groups excluding carboxylic acids is 1. The maximum Gasteiger partial charge on any atom is 0.264 e. The molecule has 1 aliphatic heterocycles. The molecule has 1 saturated carbocycles. The number of hydrogen-bond acceptors (Lipinski definition) is 5. The van der Waals surface area contributed by atoms with Gasteiger partial charge in [0.05, 0.1) is 31.3 Å². The zero-order chi connectivity index (χ0) is 16.7. The second-order valence-electron chi connectivity index (χ2n) is 6.49. The molecule has 2 aliphatic rings. The summed E-state index contributed by atoms with van der Waals surface area (Å²) in [6.45, 7) is 1.59. The van der Waals surface area contributed by atoms with E-state index in [1.807, 2.05) is 4.90 Å². The quantitative estimate of drug-likeness (QED) is 0.808.